The highest BCUT2D eigenvalue weighted by atomic mass is 16.7. The summed E-state index contributed by atoms with van der Waals surface area (Å²) >= 11 is 0. The van der Waals surface area contributed by atoms with E-state index < -0.39 is 24.5 Å². The quantitative estimate of drug-likeness (QED) is 0.471. The molecular formula is C27H24O6. The number of cyclic esters (lactones) is 1. The Morgan fingerprint density at radius 3 is 1.97 bits per heavy atom. The summed E-state index contributed by atoms with van der Waals surface area (Å²) in [5.41, 5.74) is 2.81. The average molecular weight is 444 g/mol. The summed E-state index contributed by atoms with van der Waals surface area (Å²) in [7, 11) is 0. The van der Waals surface area contributed by atoms with Crippen molar-refractivity contribution in [1.82, 2.24) is 0 Å². The van der Waals surface area contributed by atoms with Crippen LogP contribution in [0.15, 0.2) is 103 Å². The van der Waals surface area contributed by atoms with E-state index in [0.29, 0.717) is 5.76 Å². The van der Waals surface area contributed by atoms with Crippen LogP contribution in [0, 0.1) is 0 Å². The van der Waals surface area contributed by atoms with Crippen molar-refractivity contribution in [2.75, 3.05) is 6.61 Å². The van der Waals surface area contributed by atoms with Gasteiger partial charge >= 0.3 is 5.97 Å². The molecule has 0 N–H and O–H groups in total. The molecule has 0 radical (unpaired) electrons. The van der Waals surface area contributed by atoms with Gasteiger partial charge in [0.05, 0.1) is 6.61 Å². The highest BCUT2D eigenvalue weighted by Gasteiger charge is 2.46. The van der Waals surface area contributed by atoms with Crippen molar-refractivity contribution >= 4 is 5.97 Å². The monoisotopic (exact) mass is 444 g/mol. The van der Waals surface area contributed by atoms with E-state index in [0.717, 1.165) is 16.7 Å². The van der Waals surface area contributed by atoms with E-state index in [1.807, 2.05) is 91.0 Å². The van der Waals surface area contributed by atoms with E-state index in [-0.39, 0.29) is 25.6 Å². The lowest BCUT2D eigenvalue weighted by atomic mass is 10.1. The molecule has 0 aromatic heterocycles. The third kappa shape index (κ3) is 4.92. The highest BCUT2D eigenvalue weighted by Crippen LogP contribution is 2.36. The van der Waals surface area contributed by atoms with Gasteiger partial charge in [-0.05, 0) is 11.1 Å². The maximum atomic E-state index is 12.8. The van der Waals surface area contributed by atoms with E-state index >= 15 is 0 Å². The molecule has 6 heteroatoms. The number of hydrogen-bond donors (Lipinski definition) is 0. The topological polar surface area (TPSA) is 63.2 Å². The first-order valence-electron chi connectivity index (χ1n) is 10.9. The zero-order valence-electron chi connectivity index (χ0n) is 18.0. The van der Waals surface area contributed by atoms with E-state index in [1.54, 1.807) is 0 Å². The zero-order chi connectivity index (χ0) is 22.5. The summed E-state index contributed by atoms with van der Waals surface area (Å²) in [6, 6.07) is 29.0. The Hall–Kier alpha value is -3.61. The molecule has 1 fully saturated rings. The highest BCUT2D eigenvalue weighted by molar-refractivity contribution is 5.89. The number of rotatable bonds is 8. The Bertz CT molecular complexity index is 1100. The second kappa shape index (κ2) is 9.90. The van der Waals surface area contributed by atoms with Gasteiger partial charge in [0.25, 0.3) is 0 Å². The number of hydrogen-bond acceptors (Lipinski definition) is 6. The van der Waals surface area contributed by atoms with E-state index in [2.05, 4.69) is 0 Å². The van der Waals surface area contributed by atoms with Crippen molar-refractivity contribution in [3.8, 4) is 0 Å². The van der Waals surface area contributed by atoms with Gasteiger partial charge in [-0.2, -0.15) is 0 Å². The summed E-state index contributed by atoms with van der Waals surface area (Å²) in [6.07, 6.45) is -1.79. The molecule has 0 amide bonds. The first-order valence-corrected chi connectivity index (χ1v) is 10.9. The van der Waals surface area contributed by atoms with Crippen LogP contribution >= 0.6 is 0 Å². The maximum Gasteiger partial charge on any atom is 0.378 e. The minimum absolute atomic E-state index is 0.0755. The Morgan fingerprint density at radius 1 is 0.758 bits per heavy atom. The summed E-state index contributed by atoms with van der Waals surface area (Å²) in [5, 5.41) is 0. The van der Waals surface area contributed by atoms with Crippen molar-refractivity contribution in [1.29, 1.82) is 0 Å². The van der Waals surface area contributed by atoms with Crippen LogP contribution in [0.5, 0.6) is 0 Å². The van der Waals surface area contributed by atoms with Gasteiger partial charge in [0.15, 0.2) is 18.2 Å². The molecule has 0 bridgehead atoms. The minimum atomic E-state index is -0.749. The Morgan fingerprint density at radius 2 is 1.33 bits per heavy atom. The fraction of sp³-hybridized carbons (Fsp3) is 0.222. The molecule has 33 heavy (non-hydrogen) atoms. The normalized spacial score (nSPS) is 22.3. The van der Waals surface area contributed by atoms with Crippen LogP contribution in [-0.4, -0.2) is 24.8 Å². The van der Waals surface area contributed by atoms with Crippen LogP contribution in [0.1, 0.15) is 23.0 Å². The minimum Gasteiger partial charge on any atom is -0.485 e. The van der Waals surface area contributed by atoms with Gasteiger partial charge in [0.2, 0.25) is 5.76 Å². The predicted molar refractivity (Wildman–Crippen MR) is 119 cm³/mol. The molecular weight excluding hydrogens is 420 g/mol. The summed E-state index contributed by atoms with van der Waals surface area (Å²) in [4.78, 5) is 12.8. The van der Waals surface area contributed by atoms with Crippen molar-refractivity contribution < 1.29 is 28.5 Å². The molecule has 0 saturated carbocycles. The number of carbonyl (C=O) groups excluding carboxylic acids is 1. The lowest BCUT2D eigenvalue weighted by Crippen LogP contribution is -2.31. The van der Waals surface area contributed by atoms with Crippen LogP contribution in [0.2, 0.25) is 0 Å². The number of benzene rings is 3. The van der Waals surface area contributed by atoms with Crippen LogP contribution in [-0.2, 0) is 41.7 Å². The second-order valence-electron chi connectivity index (χ2n) is 7.82. The molecule has 5 rings (SSSR count). The molecule has 2 aliphatic heterocycles. The number of carbonyl (C=O) groups is 1. The van der Waals surface area contributed by atoms with Gasteiger partial charge in [-0.25, -0.2) is 4.79 Å². The van der Waals surface area contributed by atoms with Gasteiger partial charge < -0.3 is 23.7 Å². The Labute approximate surface area is 192 Å². The maximum absolute atomic E-state index is 12.8. The summed E-state index contributed by atoms with van der Waals surface area (Å²) in [5.74, 6) is -0.153. The molecule has 6 nitrogen and oxygen atoms in total. The summed E-state index contributed by atoms with van der Waals surface area (Å²) in [6.45, 7) is 0.768. The molecule has 0 spiro atoms. The van der Waals surface area contributed by atoms with Gasteiger partial charge in [-0.1, -0.05) is 91.0 Å². The van der Waals surface area contributed by atoms with Crippen LogP contribution in [0.25, 0.3) is 0 Å². The number of esters is 1. The first kappa shape index (κ1) is 21.2. The van der Waals surface area contributed by atoms with Crippen LogP contribution < -0.4 is 0 Å². The Kier molecular flexibility index (Phi) is 6.37. The molecule has 168 valence electrons. The SMILES string of the molecule is O=C1O[C@@H]([C@@H]2CO[C@H](c3ccccc3)O2)C(OCc2ccccc2)=C1OCc1ccccc1. The lowest BCUT2D eigenvalue weighted by Gasteiger charge is -2.20. The Balaban J connectivity index is 1.36. The average Bonchev–Trinajstić information content (AvgIpc) is 3.48. The molecule has 3 aromatic rings. The van der Waals surface area contributed by atoms with Gasteiger partial charge in [0, 0.05) is 5.56 Å². The zero-order valence-corrected chi connectivity index (χ0v) is 18.0. The molecule has 1 saturated heterocycles. The lowest BCUT2D eigenvalue weighted by molar-refractivity contribution is -0.150. The van der Waals surface area contributed by atoms with Crippen molar-refractivity contribution in [3.63, 3.8) is 0 Å². The fourth-order valence-corrected chi connectivity index (χ4v) is 3.80. The number of ether oxygens (including phenoxy) is 5. The van der Waals surface area contributed by atoms with Crippen LogP contribution in [0.4, 0.5) is 0 Å². The van der Waals surface area contributed by atoms with Crippen molar-refractivity contribution in [2.24, 2.45) is 0 Å². The molecule has 2 heterocycles. The van der Waals surface area contributed by atoms with E-state index in [9.17, 15) is 4.79 Å². The summed E-state index contributed by atoms with van der Waals surface area (Å²) < 4.78 is 29.6. The first-order chi connectivity index (χ1) is 16.3. The second-order valence-corrected chi connectivity index (χ2v) is 7.82. The van der Waals surface area contributed by atoms with Crippen LogP contribution in [0.3, 0.4) is 0 Å². The van der Waals surface area contributed by atoms with E-state index in [4.69, 9.17) is 23.7 Å². The standard InChI is InChI=1S/C27H24O6/c28-26-25(30-17-20-12-6-2-7-13-20)24(29-16-19-10-4-1-5-11-19)23(33-26)22-18-31-27(32-22)21-14-8-3-9-15-21/h1-15,22-23,27H,16-18H2/t22-,23-,27-/m0/s1. The molecule has 0 unspecified atom stereocenters. The van der Waals surface area contributed by atoms with Gasteiger partial charge in [-0.3, -0.25) is 0 Å². The third-order valence-electron chi connectivity index (χ3n) is 5.48. The molecule has 3 aromatic carbocycles. The smallest absolute Gasteiger partial charge is 0.378 e. The van der Waals surface area contributed by atoms with Gasteiger partial charge in [0.1, 0.15) is 19.3 Å². The third-order valence-corrected chi connectivity index (χ3v) is 5.48. The van der Waals surface area contributed by atoms with Crippen molar-refractivity contribution in [3.05, 3.63) is 119 Å². The largest absolute Gasteiger partial charge is 0.485 e. The predicted octanol–water partition coefficient (Wildman–Crippen LogP) is 4.67. The molecule has 3 atom stereocenters. The fourth-order valence-electron chi connectivity index (χ4n) is 3.80. The molecule has 2 aliphatic rings. The van der Waals surface area contributed by atoms with E-state index in [1.165, 1.54) is 0 Å². The van der Waals surface area contributed by atoms with Crippen molar-refractivity contribution in [2.45, 2.75) is 31.7 Å². The van der Waals surface area contributed by atoms with Gasteiger partial charge in [-0.15, -0.1) is 0 Å². The molecule has 0 aliphatic carbocycles.